The lowest BCUT2D eigenvalue weighted by Gasteiger charge is -2.13. The van der Waals surface area contributed by atoms with E-state index in [1.807, 2.05) is 42.5 Å². The van der Waals surface area contributed by atoms with E-state index in [1.54, 1.807) is 11.2 Å². The SMILES string of the molecule is O=C1CC(c2nc(-c3ccccc3)no2)CN1Cc1ccco1. The fourth-order valence-electron chi connectivity index (χ4n) is 2.79. The number of amides is 1. The van der Waals surface area contributed by atoms with Crippen molar-refractivity contribution in [2.75, 3.05) is 6.54 Å². The van der Waals surface area contributed by atoms with Crippen LogP contribution in [0.3, 0.4) is 0 Å². The normalized spacial score (nSPS) is 17.8. The molecular weight excluding hydrogens is 294 g/mol. The van der Waals surface area contributed by atoms with Gasteiger partial charge in [0.1, 0.15) is 5.76 Å². The predicted molar refractivity (Wildman–Crippen MR) is 81.2 cm³/mol. The van der Waals surface area contributed by atoms with Gasteiger partial charge >= 0.3 is 0 Å². The molecule has 1 atom stereocenters. The molecule has 4 rings (SSSR count). The molecule has 1 amide bonds. The summed E-state index contributed by atoms with van der Waals surface area (Å²) < 4.78 is 10.7. The number of benzene rings is 1. The number of furan rings is 1. The minimum absolute atomic E-state index is 0.0672. The number of aromatic nitrogens is 2. The second-order valence-electron chi connectivity index (χ2n) is 5.58. The summed E-state index contributed by atoms with van der Waals surface area (Å²) in [5.41, 5.74) is 0.902. The molecule has 23 heavy (non-hydrogen) atoms. The van der Waals surface area contributed by atoms with Crippen LogP contribution in [0.15, 0.2) is 57.7 Å². The molecule has 0 radical (unpaired) electrons. The van der Waals surface area contributed by atoms with Crippen LogP contribution in [0.5, 0.6) is 0 Å². The fraction of sp³-hybridized carbons (Fsp3) is 0.235. The molecule has 1 aliphatic heterocycles. The summed E-state index contributed by atoms with van der Waals surface area (Å²) in [7, 11) is 0. The first kappa shape index (κ1) is 13.8. The number of hydrogen-bond donors (Lipinski definition) is 0. The molecule has 3 aromatic rings. The summed E-state index contributed by atoms with van der Waals surface area (Å²) in [4.78, 5) is 18.4. The highest BCUT2D eigenvalue weighted by Crippen LogP contribution is 2.29. The van der Waals surface area contributed by atoms with Crippen LogP contribution in [0, 0.1) is 0 Å². The summed E-state index contributed by atoms with van der Waals surface area (Å²) in [6, 6.07) is 13.3. The van der Waals surface area contributed by atoms with E-state index in [0.717, 1.165) is 11.3 Å². The number of likely N-dealkylation sites (tertiary alicyclic amines) is 1. The van der Waals surface area contributed by atoms with Crippen LogP contribution < -0.4 is 0 Å². The molecule has 1 unspecified atom stereocenters. The van der Waals surface area contributed by atoms with E-state index in [4.69, 9.17) is 8.94 Å². The average molecular weight is 309 g/mol. The van der Waals surface area contributed by atoms with Crippen molar-refractivity contribution in [2.45, 2.75) is 18.9 Å². The third-order valence-corrected chi connectivity index (χ3v) is 3.96. The van der Waals surface area contributed by atoms with E-state index in [1.165, 1.54) is 0 Å². The number of nitrogens with zero attached hydrogens (tertiary/aromatic N) is 3. The van der Waals surface area contributed by atoms with E-state index in [2.05, 4.69) is 10.1 Å². The summed E-state index contributed by atoms with van der Waals surface area (Å²) in [6.45, 7) is 1.04. The third-order valence-electron chi connectivity index (χ3n) is 3.96. The van der Waals surface area contributed by atoms with Gasteiger partial charge < -0.3 is 13.8 Å². The molecule has 2 aromatic heterocycles. The van der Waals surface area contributed by atoms with Crippen LogP contribution in [-0.4, -0.2) is 27.5 Å². The van der Waals surface area contributed by atoms with Crippen LogP contribution in [-0.2, 0) is 11.3 Å². The van der Waals surface area contributed by atoms with Gasteiger partial charge in [0.05, 0.1) is 18.7 Å². The maximum absolute atomic E-state index is 12.2. The second kappa shape index (κ2) is 5.72. The third kappa shape index (κ3) is 2.75. The van der Waals surface area contributed by atoms with Crippen molar-refractivity contribution in [1.29, 1.82) is 0 Å². The van der Waals surface area contributed by atoms with Crippen molar-refractivity contribution in [3.8, 4) is 11.4 Å². The molecule has 0 bridgehead atoms. The highest BCUT2D eigenvalue weighted by molar-refractivity contribution is 5.79. The van der Waals surface area contributed by atoms with Crippen molar-refractivity contribution < 1.29 is 13.7 Å². The van der Waals surface area contributed by atoms with Crippen LogP contribution in [0.25, 0.3) is 11.4 Å². The van der Waals surface area contributed by atoms with E-state index in [0.29, 0.717) is 31.2 Å². The fourth-order valence-corrected chi connectivity index (χ4v) is 2.79. The van der Waals surface area contributed by atoms with Crippen LogP contribution >= 0.6 is 0 Å². The second-order valence-corrected chi connectivity index (χ2v) is 5.58. The van der Waals surface area contributed by atoms with Gasteiger partial charge in [0.15, 0.2) is 0 Å². The zero-order chi connectivity index (χ0) is 15.6. The van der Waals surface area contributed by atoms with Gasteiger partial charge in [0.25, 0.3) is 0 Å². The number of carbonyl (C=O) groups is 1. The van der Waals surface area contributed by atoms with Crippen molar-refractivity contribution in [2.24, 2.45) is 0 Å². The van der Waals surface area contributed by atoms with Crippen LogP contribution in [0.1, 0.15) is 24.0 Å². The summed E-state index contributed by atoms with van der Waals surface area (Å²) in [5.74, 6) is 1.85. The monoisotopic (exact) mass is 309 g/mol. The molecule has 0 saturated carbocycles. The van der Waals surface area contributed by atoms with Crippen LogP contribution in [0.4, 0.5) is 0 Å². The highest BCUT2D eigenvalue weighted by atomic mass is 16.5. The molecule has 0 N–H and O–H groups in total. The maximum Gasteiger partial charge on any atom is 0.232 e. The Labute approximate surface area is 132 Å². The van der Waals surface area contributed by atoms with E-state index in [-0.39, 0.29) is 11.8 Å². The Morgan fingerprint density at radius 1 is 1.17 bits per heavy atom. The molecule has 6 nitrogen and oxygen atoms in total. The molecule has 0 aliphatic carbocycles. The van der Waals surface area contributed by atoms with Gasteiger partial charge in [-0.15, -0.1) is 0 Å². The van der Waals surface area contributed by atoms with Gasteiger partial charge in [-0.1, -0.05) is 35.5 Å². The first-order valence-corrected chi connectivity index (χ1v) is 7.49. The predicted octanol–water partition coefficient (Wildman–Crippen LogP) is 2.85. The smallest absolute Gasteiger partial charge is 0.232 e. The Hall–Kier alpha value is -2.89. The van der Waals surface area contributed by atoms with Crippen molar-refractivity contribution in [3.05, 3.63) is 60.4 Å². The first-order valence-electron chi connectivity index (χ1n) is 7.49. The van der Waals surface area contributed by atoms with E-state index < -0.39 is 0 Å². The Morgan fingerprint density at radius 3 is 2.83 bits per heavy atom. The van der Waals surface area contributed by atoms with Gasteiger partial charge in [0.2, 0.25) is 17.6 Å². The van der Waals surface area contributed by atoms with Gasteiger partial charge in [-0.2, -0.15) is 4.98 Å². The molecule has 1 saturated heterocycles. The lowest BCUT2D eigenvalue weighted by Crippen LogP contribution is -2.24. The zero-order valence-electron chi connectivity index (χ0n) is 12.4. The van der Waals surface area contributed by atoms with E-state index in [9.17, 15) is 4.79 Å². The molecule has 3 heterocycles. The number of rotatable bonds is 4. The van der Waals surface area contributed by atoms with Crippen molar-refractivity contribution in [1.82, 2.24) is 15.0 Å². The summed E-state index contributed by atoms with van der Waals surface area (Å²) >= 11 is 0. The molecule has 1 fully saturated rings. The topological polar surface area (TPSA) is 72.4 Å². The molecule has 0 spiro atoms. The maximum atomic E-state index is 12.2. The molecule has 116 valence electrons. The standard InChI is InChI=1S/C17H15N3O3/c21-15-9-13(10-20(15)11-14-7-4-8-22-14)17-18-16(19-23-17)12-5-2-1-3-6-12/h1-8,13H,9-11H2. The zero-order valence-corrected chi connectivity index (χ0v) is 12.4. The Morgan fingerprint density at radius 2 is 2.04 bits per heavy atom. The number of hydrogen-bond acceptors (Lipinski definition) is 5. The quantitative estimate of drug-likeness (QED) is 0.741. The van der Waals surface area contributed by atoms with Gasteiger partial charge in [-0.3, -0.25) is 4.79 Å². The first-order chi connectivity index (χ1) is 11.3. The van der Waals surface area contributed by atoms with Crippen molar-refractivity contribution >= 4 is 5.91 Å². The van der Waals surface area contributed by atoms with Gasteiger partial charge in [0, 0.05) is 18.5 Å². The lowest BCUT2D eigenvalue weighted by molar-refractivity contribution is -0.128. The molecule has 1 aliphatic rings. The van der Waals surface area contributed by atoms with Gasteiger partial charge in [-0.05, 0) is 12.1 Å². The number of carbonyl (C=O) groups excluding carboxylic acids is 1. The Kier molecular flexibility index (Phi) is 3.42. The summed E-state index contributed by atoms with van der Waals surface area (Å²) in [5, 5.41) is 4.02. The Balaban J connectivity index is 1.49. The van der Waals surface area contributed by atoms with E-state index >= 15 is 0 Å². The highest BCUT2D eigenvalue weighted by Gasteiger charge is 2.34. The Bertz CT molecular complexity index is 796. The van der Waals surface area contributed by atoms with Crippen molar-refractivity contribution in [3.63, 3.8) is 0 Å². The van der Waals surface area contributed by atoms with Crippen LogP contribution in [0.2, 0.25) is 0 Å². The minimum atomic E-state index is -0.0672. The molecule has 6 heteroatoms. The molecule has 1 aromatic carbocycles. The molecular formula is C17H15N3O3. The lowest BCUT2D eigenvalue weighted by atomic mass is 10.1. The minimum Gasteiger partial charge on any atom is -0.467 e. The average Bonchev–Trinajstić information content (AvgIpc) is 3.31. The largest absolute Gasteiger partial charge is 0.467 e. The summed E-state index contributed by atoms with van der Waals surface area (Å²) in [6.07, 6.45) is 1.99. The van der Waals surface area contributed by atoms with Gasteiger partial charge in [-0.25, -0.2) is 0 Å².